The summed E-state index contributed by atoms with van der Waals surface area (Å²) in [5, 5.41) is 0. The average molecular weight is 289 g/mol. The zero-order chi connectivity index (χ0) is 15.4. The summed E-state index contributed by atoms with van der Waals surface area (Å²) < 4.78 is 4.88. The van der Waals surface area contributed by atoms with Crippen molar-refractivity contribution in [2.24, 2.45) is 5.92 Å². The van der Waals surface area contributed by atoms with Crippen LogP contribution in [0.15, 0.2) is 24.3 Å². The van der Waals surface area contributed by atoms with E-state index in [1.807, 2.05) is 19.1 Å². The quantitative estimate of drug-likeness (QED) is 0.626. The van der Waals surface area contributed by atoms with E-state index in [4.69, 9.17) is 4.74 Å². The lowest BCUT2D eigenvalue weighted by Crippen LogP contribution is -2.46. The number of amides is 1. The highest BCUT2D eigenvalue weighted by Gasteiger charge is 2.35. The number of carbonyl (C=O) groups is 3. The number of aryl methyl sites for hydroxylation is 1. The monoisotopic (exact) mass is 289 g/mol. The average Bonchev–Trinajstić information content (AvgIpc) is 2.47. The number of ketones is 1. The number of Topliss-reactive ketones (excluding diaryl/α,β-unsaturated/α-hetero) is 1. The van der Waals surface area contributed by atoms with Crippen molar-refractivity contribution in [2.45, 2.75) is 20.3 Å². The maximum absolute atomic E-state index is 12.3. The predicted molar refractivity (Wildman–Crippen MR) is 76.8 cm³/mol. The number of benzene rings is 1. The van der Waals surface area contributed by atoms with Crippen LogP contribution in [0.1, 0.15) is 29.3 Å². The van der Waals surface area contributed by atoms with Gasteiger partial charge < -0.3 is 9.64 Å². The molecule has 1 aliphatic rings. The van der Waals surface area contributed by atoms with Crippen LogP contribution in [0, 0.1) is 12.8 Å². The summed E-state index contributed by atoms with van der Waals surface area (Å²) in [6, 6.07) is 7.22. The molecular weight excluding hydrogens is 270 g/mol. The molecule has 0 aliphatic carbocycles. The van der Waals surface area contributed by atoms with Crippen LogP contribution < -0.4 is 0 Å². The first-order valence-corrected chi connectivity index (χ1v) is 7.08. The van der Waals surface area contributed by atoms with Gasteiger partial charge in [-0.15, -0.1) is 0 Å². The van der Waals surface area contributed by atoms with Crippen LogP contribution in [0.2, 0.25) is 0 Å². The number of ether oxygens (including phenoxy) is 1. The Morgan fingerprint density at radius 3 is 2.52 bits per heavy atom. The van der Waals surface area contributed by atoms with Gasteiger partial charge in [0.05, 0.1) is 13.2 Å². The fraction of sp³-hybridized carbons (Fsp3) is 0.438. The van der Waals surface area contributed by atoms with Crippen LogP contribution in [0.4, 0.5) is 0 Å². The SMILES string of the molecule is CCOC(=O)C1CCN(C(=O)c2ccc(C)cc2)CC1=O. The van der Waals surface area contributed by atoms with E-state index in [1.165, 1.54) is 4.90 Å². The van der Waals surface area contributed by atoms with E-state index >= 15 is 0 Å². The molecule has 21 heavy (non-hydrogen) atoms. The Morgan fingerprint density at radius 1 is 1.29 bits per heavy atom. The Balaban J connectivity index is 2.02. The molecule has 0 spiro atoms. The highest BCUT2D eigenvalue weighted by molar-refractivity contribution is 6.04. The predicted octanol–water partition coefficient (Wildman–Crippen LogP) is 1.59. The van der Waals surface area contributed by atoms with Crippen LogP contribution in [-0.2, 0) is 14.3 Å². The van der Waals surface area contributed by atoms with Crippen molar-refractivity contribution < 1.29 is 19.1 Å². The second-order valence-electron chi connectivity index (χ2n) is 5.15. The van der Waals surface area contributed by atoms with E-state index < -0.39 is 11.9 Å². The van der Waals surface area contributed by atoms with Crippen LogP contribution >= 0.6 is 0 Å². The topological polar surface area (TPSA) is 63.7 Å². The number of rotatable bonds is 3. The Bertz CT molecular complexity index is 550. The molecule has 0 aromatic heterocycles. The van der Waals surface area contributed by atoms with E-state index in [9.17, 15) is 14.4 Å². The minimum atomic E-state index is -0.730. The lowest BCUT2D eigenvalue weighted by molar-refractivity contribution is -0.153. The molecule has 1 aliphatic heterocycles. The third-order valence-electron chi connectivity index (χ3n) is 3.58. The molecule has 1 heterocycles. The van der Waals surface area contributed by atoms with E-state index in [0.717, 1.165) is 5.56 Å². The van der Waals surface area contributed by atoms with E-state index in [0.29, 0.717) is 18.5 Å². The van der Waals surface area contributed by atoms with Crippen molar-refractivity contribution in [1.82, 2.24) is 4.90 Å². The number of hydrogen-bond donors (Lipinski definition) is 0. The minimum absolute atomic E-state index is 0.0316. The van der Waals surface area contributed by atoms with Crippen LogP contribution in [0.5, 0.6) is 0 Å². The largest absolute Gasteiger partial charge is 0.465 e. The molecule has 0 bridgehead atoms. The molecule has 1 aromatic carbocycles. The van der Waals surface area contributed by atoms with Crippen molar-refractivity contribution in [3.05, 3.63) is 35.4 Å². The van der Waals surface area contributed by atoms with Crippen molar-refractivity contribution in [2.75, 3.05) is 19.7 Å². The maximum atomic E-state index is 12.3. The third-order valence-corrected chi connectivity index (χ3v) is 3.58. The number of esters is 1. The Hall–Kier alpha value is -2.17. The number of piperidine rings is 1. The van der Waals surface area contributed by atoms with Gasteiger partial charge >= 0.3 is 5.97 Å². The first kappa shape index (κ1) is 15.2. The zero-order valence-electron chi connectivity index (χ0n) is 12.3. The summed E-state index contributed by atoms with van der Waals surface area (Å²) in [6.45, 7) is 4.27. The fourth-order valence-corrected chi connectivity index (χ4v) is 2.37. The number of likely N-dealkylation sites (tertiary alicyclic amines) is 1. The lowest BCUT2D eigenvalue weighted by atomic mass is 9.95. The fourth-order valence-electron chi connectivity index (χ4n) is 2.37. The van der Waals surface area contributed by atoms with Gasteiger partial charge in [-0.1, -0.05) is 17.7 Å². The zero-order valence-corrected chi connectivity index (χ0v) is 12.3. The van der Waals surface area contributed by atoms with Gasteiger partial charge in [0.1, 0.15) is 5.92 Å². The first-order valence-electron chi connectivity index (χ1n) is 7.08. The second-order valence-corrected chi connectivity index (χ2v) is 5.15. The Morgan fingerprint density at radius 2 is 1.95 bits per heavy atom. The number of carbonyl (C=O) groups excluding carboxylic acids is 3. The minimum Gasteiger partial charge on any atom is -0.465 e. The maximum Gasteiger partial charge on any atom is 0.316 e. The van der Waals surface area contributed by atoms with Gasteiger partial charge in [-0.25, -0.2) is 0 Å². The summed E-state index contributed by atoms with van der Waals surface area (Å²) in [5.41, 5.74) is 1.63. The van der Waals surface area contributed by atoms with Crippen LogP contribution in [-0.4, -0.2) is 42.3 Å². The molecule has 2 rings (SSSR count). The van der Waals surface area contributed by atoms with E-state index in [2.05, 4.69) is 0 Å². The van der Waals surface area contributed by atoms with Gasteiger partial charge in [-0.2, -0.15) is 0 Å². The number of nitrogens with zero attached hydrogens (tertiary/aromatic N) is 1. The summed E-state index contributed by atoms with van der Waals surface area (Å²) in [4.78, 5) is 37.5. The highest BCUT2D eigenvalue weighted by Crippen LogP contribution is 2.18. The molecular formula is C16H19NO4. The molecule has 5 heteroatoms. The molecule has 112 valence electrons. The van der Waals surface area contributed by atoms with Crippen molar-refractivity contribution >= 4 is 17.7 Å². The third kappa shape index (κ3) is 3.48. The molecule has 1 aromatic rings. The van der Waals surface area contributed by atoms with Gasteiger partial charge in [0.2, 0.25) is 0 Å². The summed E-state index contributed by atoms with van der Waals surface area (Å²) in [6.07, 6.45) is 0.329. The summed E-state index contributed by atoms with van der Waals surface area (Å²) >= 11 is 0. The Labute approximate surface area is 123 Å². The standard InChI is InChI=1S/C16H19NO4/c1-3-21-16(20)13-8-9-17(10-14(13)18)15(19)12-6-4-11(2)5-7-12/h4-7,13H,3,8-10H2,1-2H3. The molecule has 0 N–H and O–H groups in total. The molecule has 1 atom stereocenters. The van der Waals surface area contributed by atoms with Crippen LogP contribution in [0.25, 0.3) is 0 Å². The Kier molecular flexibility index (Phi) is 4.73. The van der Waals surface area contributed by atoms with Gasteiger partial charge in [-0.05, 0) is 32.4 Å². The van der Waals surface area contributed by atoms with E-state index in [-0.39, 0.29) is 24.8 Å². The van der Waals surface area contributed by atoms with Crippen molar-refractivity contribution in [3.63, 3.8) is 0 Å². The second kappa shape index (κ2) is 6.52. The van der Waals surface area contributed by atoms with Gasteiger partial charge in [0, 0.05) is 12.1 Å². The van der Waals surface area contributed by atoms with Crippen LogP contribution in [0.3, 0.4) is 0 Å². The van der Waals surface area contributed by atoms with E-state index in [1.54, 1.807) is 19.1 Å². The smallest absolute Gasteiger partial charge is 0.316 e. The highest BCUT2D eigenvalue weighted by atomic mass is 16.5. The first-order chi connectivity index (χ1) is 10.0. The number of hydrogen-bond acceptors (Lipinski definition) is 4. The van der Waals surface area contributed by atoms with Crippen molar-refractivity contribution in [3.8, 4) is 0 Å². The molecule has 1 saturated heterocycles. The van der Waals surface area contributed by atoms with Gasteiger partial charge in [0.25, 0.3) is 5.91 Å². The molecule has 0 radical (unpaired) electrons. The van der Waals surface area contributed by atoms with Crippen molar-refractivity contribution in [1.29, 1.82) is 0 Å². The van der Waals surface area contributed by atoms with Gasteiger partial charge in [0.15, 0.2) is 5.78 Å². The normalized spacial score (nSPS) is 18.5. The molecule has 5 nitrogen and oxygen atoms in total. The summed E-state index contributed by atoms with van der Waals surface area (Å²) in [5.74, 6) is -1.64. The molecule has 1 amide bonds. The van der Waals surface area contributed by atoms with Gasteiger partial charge in [-0.3, -0.25) is 14.4 Å². The lowest BCUT2D eigenvalue weighted by Gasteiger charge is -2.29. The molecule has 0 saturated carbocycles. The molecule has 1 fully saturated rings. The molecule has 1 unspecified atom stereocenters. The summed E-state index contributed by atoms with van der Waals surface area (Å²) in [7, 11) is 0.